The first-order valence-corrected chi connectivity index (χ1v) is 10.8. The van der Waals surface area contributed by atoms with E-state index in [1.807, 2.05) is 13.8 Å². The highest BCUT2D eigenvalue weighted by molar-refractivity contribution is 7.86. The molecule has 32 heavy (non-hydrogen) atoms. The van der Waals surface area contributed by atoms with Crippen LogP contribution in [0.5, 0.6) is 5.75 Å². The van der Waals surface area contributed by atoms with E-state index in [2.05, 4.69) is 14.7 Å². The van der Waals surface area contributed by atoms with Gasteiger partial charge in [0.15, 0.2) is 5.78 Å². The van der Waals surface area contributed by atoms with Crippen LogP contribution in [0, 0.1) is 0 Å². The minimum Gasteiger partial charge on any atom is -0.491 e. The van der Waals surface area contributed by atoms with Crippen LogP contribution in [-0.4, -0.2) is 26.1 Å². The van der Waals surface area contributed by atoms with E-state index in [4.69, 9.17) is 16.3 Å². The molecule has 0 fully saturated rings. The lowest BCUT2D eigenvalue weighted by molar-refractivity contribution is -0.145. The number of nitrogens with zero attached hydrogens (tertiary/aromatic N) is 2. The number of benzene rings is 2. The van der Waals surface area contributed by atoms with Crippen molar-refractivity contribution in [1.29, 1.82) is 0 Å². The van der Waals surface area contributed by atoms with E-state index in [9.17, 15) is 22.2 Å². The number of nitrogens with one attached hydrogen (secondary N) is 1. The minimum atomic E-state index is -4.73. The molecular weight excluding hydrogens is 467 g/mol. The summed E-state index contributed by atoms with van der Waals surface area (Å²) in [6.45, 7) is 3.77. The first kappa shape index (κ1) is 23.7. The number of ether oxygens (including phenoxy) is 1. The molecule has 0 aliphatic carbocycles. The van der Waals surface area contributed by atoms with Gasteiger partial charge < -0.3 is 9.46 Å². The summed E-state index contributed by atoms with van der Waals surface area (Å²) in [6.07, 6.45) is -3.17. The molecule has 0 bridgehead atoms. The summed E-state index contributed by atoms with van der Waals surface area (Å²) in [6, 6.07) is 10.8. The van der Waals surface area contributed by atoms with E-state index in [1.165, 1.54) is 18.2 Å². The normalized spacial score (nSPS) is 12.5. The van der Waals surface area contributed by atoms with Gasteiger partial charge in [-0.2, -0.15) is 13.2 Å². The maximum absolute atomic E-state index is 12.9. The summed E-state index contributed by atoms with van der Waals surface area (Å²) in [5, 5.41) is 0.215. The third-order valence-electron chi connectivity index (χ3n) is 4.01. The molecule has 0 radical (unpaired) electrons. The molecule has 1 unspecified atom stereocenters. The number of anilines is 1. The monoisotopic (exact) mass is 483 g/mol. The number of carbonyl (C=O) groups excluding carboxylic acids is 1. The lowest BCUT2D eigenvalue weighted by Crippen LogP contribution is -2.14. The maximum atomic E-state index is 12.9. The Hall–Kier alpha value is -2.98. The number of carbonyl (C=O) groups is 1. The maximum Gasteiger partial charge on any atom is 0.451 e. The third kappa shape index (κ3) is 5.83. The molecule has 168 valence electrons. The molecule has 6 nitrogen and oxygen atoms in total. The number of alkyl halides is 3. The second-order valence-electron chi connectivity index (χ2n) is 6.82. The van der Waals surface area contributed by atoms with Gasteiger partial charge in [-0.3, -0.25) is 4.79 Å². The Morgan fingerprint density at radius 1 is 1.09 bits per heavy atom. The van der Waals surface area contributed by atoms with Crippen molar-refractivity contribution in [2.75, 3.05) is 4.72 Å². The van der Waals surface area contributed by atoms with Crippen molar-refractivity contribution in [2.24, 2.45) is 0 Å². The first-order chi connectivity index (χ1) is 15.0. The van der Waals surface area contributed by atoms with Crippen molar-refractivity contribution in [2.45, 2.75) is 31.0 Å². The number of hydrogen-bond acceptors (Lipinski definition) is 5. The summed E-state index contributed by atoms with van der Waals surface area (Å²) in [5.74, 6) is -1.42. The van der Waals surface area contributed by atoms with E-state index >= 15 is 0 Å². The molecule has 0 aliphatic heterocycles. The van der Waals surface area contributed by atoms with Gasteiger partial charge in [0.2, 0.25) is 5.82 Å². The predicted molar refractivity (Wildman–Crippen MR) is 114 cm³/mol. The van der Waals surface area contributed by atoms with Gasteiger partial charge in [0.05, 0.1) is 22.3 Å². The summed E-state index contributed by atoms with van der Waals surface area (Å²) >= 11 is 6.00. The molecule has 0 saturated carbocycles. The fraction of sp³-hybridized carbons (Fsp3) is 0.190. The fourth-order valence-electron chi connectivity index (χ4n) is 2.61. The molecule has 1 heterocycles. The van der Waals surface area contributed by atoms with Crippen LogP contribution in [0.3, 0.4) is 0 Å². The van der Waals surface area contributed by atoms with Crippen LogP contribution >= 0.6 is 11.6 Å². The zero-order valence-electron chi connectivity index (χ0n) is 16.8. The highest BCUT2D eigenvalue weighted by Gasteiger charge is 2.34. The van der Waals surface area contributed by atoms with E-state index in [0.29, 0.717) is 10.6 Å². The molecule has 1 aromatic heterocycles. The van der Waals surface area contributed by atoms with Gasteiger partial charge in [-0.05, 0) is 56.3 Å². The summed E-state index contributed by atoms with van der Waals surface area (Å²) in [4.78, 5) is 19.7. The number of halogens is 4. The van der Waals surface area contributed by atoms with E-state index in [0.717, 1.165) is 12.4 Å². The van der Waals surface area contributed by atoms with E-state index in [-0.39, 0.29) is 27.9 Å². The predicted octanol–water partition coefficient (Wildman–Crippen LogP) is 5.30. The van der Waals surface area contributed by atoms with Gasteiger partial charge in [0.25, 0.3) is 0 Å². The Morgan fingerprint density at radius 2 is 1.72 bits per heavy atom. The number of aromatic nitrogens is 2. The lowest BCUT2D eigenvalue weighted by Gasteiger charge is -2.13. The summed E-state index contributed by atoms with van der Waals surface area (Å²) in [7, 11) is -1.74. The van der Waals surface area contributed by atoms with Crippen molar-refractivity contribution in [1.82, 2.24) is 9.97 Å². The molecule has 1 N–H and O–H groups in total. The second-order valence-corrected chi connectivity index (χ2v) is 8.47. The molecule has 11 heteroatoms. The Bertz CT molecular complexity index is 1140. The Labute approximate surface area is 189 Å². The van der Waals surface area contributed by atoms with Crippen LogP contribution in [0.4, 0.5) is 18.9 Å². The van der Waals surface area contributed by atoms with Gasteiger partial charge in [0.1, 0.15) is 16.7 Å². The van der Waals surface area contributed by atoms with Crippen LogP contribution in [0.1, 0.15) is 35.6 Å². The highest BCUT2D eigenvalue weighted by Crippen LogP contribution is 2.28. The van der Waals surface area contributed by atoms with Gasteiger partial charge in [-0.25, -0.2) is 14.2 Å². The van der Waals surface area contributed by atoms with Crippen LogP contribution in [0.25, 0.3) is 0 Å². The quantitative estimate of drug-likeness (QED) is 0.461. The average Bonchev–Trinajstić information content (AvgIpc) is 2.74. The standard InChI is InChI=1S/C21H17ClF3N3O3S/c1-12(2)31-15-4-6-16(7-5-15)32(30)28-18-8-3-14(22)9-17(18)19(29)13-10-26-20(27-11-13)21(23,24)25/h3-12,28H,1-2H3. The summed E-state index contributed by atoms with van der Waals surface area (Å²) in [5.41, 5.74) is 0.0124. The molecule has 0 saturated heterocycles. The smallest absolute Gasteiger partial charge is 0.451 e. The van der Waals surface area contributed by atoms with Crippen LogP contribution in [0.15, 0.2) is 59.8 Å². The lowest BCUT2D eigenvalue weighted by atomic mass is 10.0. The molecule has 0 spiro atoms. The molecule has 3 rings (SSSR count). The average molecular weight is 484 g/mol. The summed E-state index contributed by atoms with van der Waals surface area (Å²) < 4.78 is 59.1. The number of ketones is 1. The van der Waals surface area contributed by atoms with Gasteiger partial charge in [0, 0.05) is 23.0 Å². The Kier molecular flexibility index (Phi) is 7.15. The minimum absolute atomic E-state index is 0.00831. The molecule has 3 aromatic rings. The van der Waals surface area contributed by atoms with Gasteiger partial charge >= 0.3 is 6.18 Å². The third-order valence-corrected chi connectivity index (χ3v) is 5.35. The Morgan fingerprint density at radius 3 is 2.28 bits per heavy atom. The largest absolute Gasteiger partial charge is 0.491 e. The molecular formula is C21H17ClF3N3O3S. The zero-order valence-corrected chi connectivity index (χ0v) is 18.4. The SMILES string of the molecule is CC(C)Oc1ccc(S(=O)Nc2ccc(Cl)cc2C(=O)c2cnc(C(F)(F)F)nc2)cc1. The van der Waals surface area contributed by atoms with E-state index in [1.54, 1.807) is 24.3 Å². The number of rotatable bonds is 7. The second kappa shape index (κ2) is 9.66. The highest BCUT2D eigenvalue weighted by atomic mass is 35.5. The van der Waals surface area contributed by atoms with Crippen LogP contribution < -0.4 is 9.46 Å². The van der Waals surface area contributed by atoms with Crippen molar-refractivity contribution >= 4 is 34.1 Å². The van der Waals surface area contributed by atoms with Crippen molar-refractivity contribution in [3.05, 3.63) is 76.8 Å². The van der Waals surface area contributed by atoms with Crippen molar-refractivity contribution in [3.8, 4) is 5.75 Å². The molecule has 1 atom stereocenters. The zero-order chi connectivity index (χ0) is 23.5. The molecule has 2 aromatic carbocycles. The fourth-order valence-corrected chi connectivity index (χ4v) is 3.66. The Balaban J connectivity index is 1.84. The van der Waals surface area contributed by atoms with E-state index < -0.39 is 28.8 Å². The van der Waals surface area contributed by atoms with Gasteiger partial charge in [-0.15, -0.1) is 0 Å². The van der Waals surface area contributed by atoms with Crippen molar-refractivity contribution < 1.29 is 26.9 Å². The number of hydrogen-bond donors (Lipinski definition) is 1. The first-order valence-electron chi connectivity index (χ1n) is 9.23. The topological polar surface area (TPSA) is 81.2 Å². The van der Waals surface area contributed by atoms with Crippen molar-refractivity contribution in [3.63, 3.8) is 0 Å². The van der Waals surface area contributed by atoms with Crippen LogP contribution in [-0.2, 0) is 17.2 Å². The van der Waals surface area contributed by atoms with Crippen LogP contribution in [0.2, 0.25) is 5.02 Å². The van der Waals surface area contributed by atoms with Gasteiger partial charge in [-0.1, -0.05) is 11.6 Å². The molecule has 0 amide bonds. The molecule has 0 aliphatic rings.